The molecule has 4 nitrogen and oxygen atoms in total. The summed E-state index contributed by atoms with van der Waals surface area (Å²) in [5.74, 6) is -1.12. The number of hydrogen-bond acceptors (Lipinski definition) is 2. The molecule has 0 atom stereocenters. The highest BCUT2D eigenvalue weighted by Gasteiger charge is 2.40. The lowest BCUT2D eigenvalue weighted by Crippen LogP contribution is -2.55. The molecule has 20 heavy (non-hydrogen) atoms. The van der Waals surface area contributed by atoms with E-state index in [1.807, 2.05) is 31.2 Å². The van der Waals surface area contributed by atoms with Crippen molar-refractivity contribution in [2.24, 2.45) is 0 Å². The van der Waals surface area contributed by atoms with Gasteiger partial charge < -0.3 is 10.4 Å². The van der Waals surface area contributed by atoms with Gasteiger partial charge in [-0.2, -0.15) is 0 Å². The van der Waals surface area contributed by atoms with Gasteiger partial charge in [-0.05, 0) is 25.3 Å². The SMILES string of the molecule is Cc1cccc(CC(=O)NC2(C(=O)O)CCCCC2)c1. The lowest BCUT2D eigenvalue weighted by molar-refractivity contribution is -0.149. The van der Waals surface area contributed by atoms with E-state index in [1.54, 1.807) is 0 Å². The second-order valence-corrected chi connectivity index (χ2v) is 5.66. The Morgan fingerprint density at radius 3 is 2.55 bits per heavy atom. The van der Waals surface area contributed by atoms with Crippen molar-refractivity contribution in [1.82, 2.24) is 5.32 Å². The molecule has 1 aliphatic carbocycles. The number of aliphatic carboxylic acids is 1. The van der Waals surface area contributed by atoms with E-state index < -0.39 is 11.5 Å². The topological polar surface area (TPSA) is 66.4 Å². The summed E-state index contributed by atoms with van der Waals surface area (Å²) in [5.41, 5.74) is 0.957. The summed E-state index contributed by atoms with van der Waals surface area (Å²) < 4.78 is 0. The van der Waals surface area contributed by atoms with E-state index in [0.717, 1.165) is 30.4 Å². The third-order valence-corrected chi connectivity index (χ3v) is 3.94. The molecule has 1 saturated carbocycles. The first-order valence-corrected chi connectivity index (χ1v) is 7.12. The molecule has 2 rings (SSSR count). The van der Waals surface area contributed by atoms with Gasteiger partial charge in [0.1, 0.15) is 5.54 Å². The van der Waals surface area contributed by atoms with Gasteiger partial charge in [-0.25, -0.2) is 4.79 Å². The first kappa shape index (κ1) is 14.6. The number of carbonyl (C=O) groups is 2. The van der Waals surface area contributed by atoms with Crippen LogP contribution < -0.4 is 5.32 Å². The molecule has 1 aromatic rings. The smallest absolute Gasteiger partial charge is 0.329 e. The van der Waals surface area contributed by atoms with Crippen LogP contribution in [0.5, 0.6) is 0 Å². The number of amides is 1. The molecule has 2 N–H and O–H groups in total. The van der Waals surface area contributed by atoms with Crippen LogP contribution in [0.2, 0.25) is 0 Å². The van der Waals surface area contributed by atoms with E-state index in [2.05, 4.69) is 5.32 Å². The van der Waals surface area contributed by atoms with Crippen LogP contribution >= 0.6 is 0 Å². The maximum atomic E-state index is 12.1. The van der Waals surface area contributed by atoms with Crippen LogP contribution in [0.15, 0.2) is 24.3 Å². The monoisotopic (exact) mass is 275 g/mol. The number of nitrogens with one attached hydrogen (secondary N) is 1. The molecule has 0 spiro atoms. The third-order valence-electron chi connectivity index (χ3n) is 3.94. The van der Waals surface area contributed by atoms with Gasteiger partial charge in [-0.1, -0.05) is 49.1 Å². The Kier molecular flexibility index (Phi) is 4.42. The number of benzene rings is 1. The van der Waals surface area contributed by atoms with Gasteiger partial charge in [0.25, 0.3) is 0 Å². The molecule has 0 radical (unpaired) electrons. The molecule has 0 unspecified atom stereocenters. The summed E-state index contributed by atoms with van der Waals surface area (Å²) in [7, 11) is 0. The first-order chi connectivity index (χ1) is 9.52. The molecule has 4 heteroatoms. The minimum Gasteiger partial charge on any atom is -0.480 e. The summed E-state index contributed by atoms with van der Waals surface area (Å²) in [6, 6.07) is 7.72. The zero-order valence-corrected chi connectivity index (χ0v) is 11.8. The van der Waals surface area contributed by atoms with Crippen molar-refractivity contribution in [1.29, 1.82) is 0 Å². The van der Waals surface area contributed by atoms with Crippen molar-refractivity contribution in [3.05, 3.63) is 35.4 Å². The van der Waals surface area contributed by atoms with Crippen molar-refractivity contribution < 1.29 is 14.7 Å². The zero-order valence-electron chi connectivity index (χ0n) is 11.8. The first-order valence-electron chi connectivity index (χ1n) is 7.12. The van der Waals surface area contributed by atoms with Gasteiger partial charge in [0, 0.05) is 0 Å². The Bertz CT molecular complexity index is 504. The number of hydrogen-bond donors (Lipinski definition) is 2. The molecule has 1 fully saturated rings. The minimum absolute atomic E-state index is 0.208. The van der Waals surface area contributed by atoms with Gasteiger partial charge in [0.05, 0.1) is 6.42 Å². The predicted molar refractivity (Wildman–Crippen MR) is 76.5 cm³/mol. The molecule has 0 aliphatic heterocycles. The molecular formula is C16H21NO3. The highest BCUT2D eigenvalue weighted by atomic mass is 16.4. The highest BCUT2D eigenvalue weighted by molar-refractivity contribution is 5.88. The van der Waals surface area contributed by atoms with E-state index >= 15 is 0 Å². The van der Waals surface area contributed by atoms with E-state index in [1.165, 1.54) is 0 Å². The number of aryl methyl sites for hydroxylation is 1. The Labute approximate surface area is 119 Å². The summed E-state index contributed by atoms with van der Waals surface area (Å²) in [5, 5.41) is 12.2. The van der Waals surface area contributed by atoms with Crippen LogP contribution in [-0.2, 0) is 16.0 Å². The predicted octanol–water partition coefficient (Wildman–Crippen LogP) is 2.44. The van der Waals surface area contributed by atoms with Crippen LogP contribution in [0.25, 0.3) is 0 Å². The fourth-order valence-corrected chi connectivity index (χ4v) is 2.87. The standard InChI is InChI=1S/C16H21NO3/c1-12-6-5-7-13(10-12)11-14(18)17-16(15(19)20)8-3-2-4-9-16/h5-7,10H,2-4,8-9,11H2,1H3,(H,17,18)(H,19,20). The van der Waals surface area contributed by atoms with Crippen molar-refractivity contribution in [2.75, 3.05) is 0 Å². The molecule has 1 aliphatic rings. The molecule has 0 bridgehead atoms. The van der Waals surface area contributed by atoms with Gasteiger partial charge in [-0.3, -0.25) is 4.79 Å². The number of carboxylic acid groups (broad SMARTS) is 1. The van der Waals surface area contributed by atoms with E-state index in [-0.39, 0.29) is 12.3 Å². The van der Waals surface area contributed by atoms with E-state index in [0.29, 0.717) is 12.8 Å². The molecule has 1 aromatic carbocycles. The van der Waals surface area contributed by atoms with E-state index in [9.17, 15) is 14.7 Å². The second-order valence-electron chi connectivity index (χ2n) is 5.66. The molecule has 1 amide bonds. The maximum Gasteiger partial charge on any atom is 0.329 e. The van der Waals surface area contributed by atoms with Crippen molar-refractivity contribution >= 4 is 11.9 Å². The molecule has 0 aromatic heterocycles. The minimum atomic E-state index is -1.06. The summed E-state index contributed by atoms with van der Waals surface area (Å²) in [6.45, 7) is 1.97. The Balaban J connectivity index is 2.03. The summed E-state index contributed by atoms with van der Waals surface area (Å²) in [4.78, 5) is 23.6. The number of carbonyl (C=O) groups excluding carboxylic acids is 1. The van der Waals surface area contributed by atoms with Gasteiger partial charge >= 0.3 is 5.97 Å². The largest absolute Gasteiger partial charge is 0.480 e. The molecule has 0 heterocycles. The average molecular weight is 275 g/mol. The van der Waals surface area contributed by atoms with Crippen LogP contribution in [0.4, 0.5) is 0 Å². The van der Waals surface area contributed by atoms with Gasteiger partial charge in [0.15, 0.2) is 0 Å². The van der Waals surface area contributed by atoms with Crippen LogP contribution in [-0.4, -0.2) is 22.5 Å². The Morgan fingerprint density at radius 2 is 1.95 bits per heavy atom. The Hall–Kier alpha value is -1.84. The lowest BCUT2D eigenvalue weighted by Gasteiger charge is -2.34. The second kappa shape index (κ2) is 6.07. The van der Waals surface area contributed by atoms with Crippen LogP contribution in [0.1, 0.15) is 43.2 Å². The van der Waals surface area contributed by atoms with Crippen molar-refractivity contribution in [3.63, 3.8) is 0 Å². The van der Waals surface area contributed by atoms with Crippen LogP contribution in [0, 0.1) is 6.92 Å². The fourth-order valence-electron chi connectivity index (χ4n) is 2.87. The molecule has 108 valence electrons. The maximum absolute atomic E-state index is 12.1. The van der Waals surface area contributed by atoms with E-state index in [4.69, 9.17) is 0 Å². The fraction of sp³-hybridized carbons (Fsp3) is 0.500. The highest BCUT2D eigenvalue weighted by Crippen LogP contribution is 2.28. The molecule has 0 saturated heterocycles. The summed E-state index contributed by atoms with van der Waals surface area (Å²) in [6.07, 6.45) is 4.05. The van der Waals surface area contributed by atoms with Gasteiger partial charge in [-0.15, -0.1) is 0 Å². The molecular weight excluding hydrogens is 254 g/mol. The van der Waals surface area contributed by atoms with Crippen molar-refractivity contribution in [2.45, 2.75) is 51.0 Å². The van der Waals surface area contributed by atoms with Crippen LogP contribution in [0.3, 0.4) is 0 Å². The zero-order chi connectivity index (χ0) is 14.6. The lowest BCUT2D eigenvalue weighted by atomic mass is 9.81. The summed E-state index contributed by atoms with van der Waals surface area (Å²) >= 11 is 0. The third kappa shape index (κ3) is 3.38. The van der Waals surface area contributed by atoms with Crippen molar-refractivity contribution in [3.8, 4) is 0 Å². The van der Waals surface area contributed by atoms with Gasteiger partial charge in [0.2, 0.25) is 5.91 Å². The number of carboxylic acids is 1. The quantitative estimate of drug-likeness (QED) is 0.887. The average Bonchev–Trinajstić information content (AvgIpc) is 2.39. The Morgan fingerprint density at radius 1 is 1.25 bits per heavy atom. The normalized spacial score (nSPS) is 17.4. The number of rotatable bonds is 4.